The van der Waals surface area contributed by atoms with Crippen LogP contribution in [0.5, 0.6) is 0 Å². The van der Waals surface area contributed by atoms with E-state index < -0.39 is 0 Å². The van der Waals surface area contributed by atoms with Crippen LogP contribution in [0, 0.1) is 0 Å². The summed E-state index contributed by atoms with van der Waals surface area (Å²) < 4.78 is 1.69. The molecule has 6 heteroatoms. The van der Waals surface area contributed by atoms with Crippen LogP contribution in [0.3, 0.4) is 0 Å². The first-order valence-electron chi connectivity index (χ1n) is 9.27. The molecule has 0 bridgehead atoms. The van der Waals surface area contributed by atoms with Gasteiger partial charge in [0, 0.05) is 18.8 Å². The van der Waals surface area contributed by atoms with Crippen molar-refractivity contribution < 1.29 is 9.59 Å². The van der Waals surface area contributed by atoms with Gasteiger partial charge in [0.15, 0.2) is 5.69 Å². The second kappa shape index (κ2) is 8.14. The normalized spacial score (nSPS) is 15.2. The number of hydrogen-bond acceptors (Lipinski definition) is 3. The molecule has 2 aromatic heterocycles. The first-order chi connectivity index (χ1) is 12.2. The summed E-state index contributed by atoms with van der Waals surface area (Å²) in [6.45, 7) is 2.69. The molecule has 1 fully saturated rings. The van der Waals surface area contributed by atoms with Crippen LogP contribution < -0.4 is 10.6 Å². The van der Waals surface area contributed by atoms with Crippen LogP contribution in [0.2, 0.25) is 0 Å². The Balaban J connectivity index is 1.82. The van der Waals surface area contributed by atoms with E-state index in [1.807, 2.05) is 18.2 Å². The van der Waals surface area contributed by atoms with E-state index in [1.165, 1.54) is 6.42 Å². The van der Waals surface area contributed by atoms with Crippen LogP contribution in [0.1, 0.15) is 73.0 Å². The highest BCUT2D eigenvalue weighted by molar-refractivity contribution is 6.02. The third-order valence-corrected chi connectivity index (χ3v) is 4.72. The Morgan fingerprint density at radius 1 is 1.20 bits per heavy atom. The number of nitrogens with zero attached hydrogens (tertiary/aromatic N) is 2. The molecule has 0 unspecified atom stereocenters. The molecule has 0 radical (unpaired) electrons. The van der Waals surface area contributed by atoms with Crippen molar-refractivity contribution in [1.29, 1.82) is 0 Å². The van der Waals surface area contributed by atoms with Crippen molar-refractivity contribution in [2.24, 2.45) is 0 Å². The van der Waals surface area contributed by atoms with Gasteiger partial charge in [-0.15, -0.1) is 0 Å². The van der Waals surface area contributed by atoms with Gasteiger partial charge in [0.25, 0.3) is 11.8 Å². The minimum atomic E-state index is -0.244. The molecule has 134 valence electrons. The van der Waals surface area contributed by atoms with Gasteiger partial charge < -0.3 is 10.6 Å². The minimum absolute atomic E-state index is 0.191. The smallest absolute Gasteiger partial charge is 0.287 e. The quantitative estimate of drug-likeness (QED) is 0.793. The second-order valence-corrected chi connectivity index (χ2v) is 6.66. The number of carbonyl (C=O) groups is 2. The van der Waals surface area contributed by atoms with Gasteiger partial charge in [0.05, 0.1) is 5.52 Å². The molecule has 2 amide bonds. The first kappa shape index (κ1) is 17.5. The van der Waals surface area contributed by atoms with E-state index in [9.17, 15) is 9.59 Å². The second-order valence-electron chi connectivity index (χ2n) is 6.66. The van der Waals surface area contributed by atoms with Gasteiger partial charge in [0.2, 0.25) is 5.82 Å². The number of imidazole rings is 1. The number of rotatable bonds is 6. The lowest BCUT2D eigenvalue weighted by Gasteiger charge is -2.22. The molecule has 0 saturated heterocycles. The van der Waals surface area contributed by atoms with Gasteiger partial charge in [-0.2, -0.15) is 0 Å². The fraction of sp³-hybridized carbons (Fsp3) is 0.526. The zero-order valence-corrected chi connectivity index (χ0v) is 14.8. The molecule has 6 nitrogen and oxygen atoms in total. The summed E-state index contributed by atoms with van der Waals surface area (Å²) in [6, 6.07) is 5.72. The Morgan fingerprint density at radius 2 is 2.00 bits per heavy atom. The standard InChI is InChI=1S/C19H26N4O2/c1-2-3-12-20-19(25)17-22-16(15-11-7-8-13-23(15)17)18(24)21-14-9-5-4-6-10-14/h7-8,11,13-14H,2-6,9-10,12H2,1H3,(H,20,25)(H,21,24). The molecule has 1 aliphatic carbocycles. The predicted molar refractivity (Wildman–Crippen MR) is 96.8 cm³/mol. The average molecular weight is 342 g/mol. The summed E-state index contributed by atoms with van der Waals surface area (Å²) in [5.74, 6) is -0.171. The molecular formula is C19H26N4O2. The Kier molecular flexibility index (Phi) is 5.68. The highest BCUT2D eigenvalue weighted by Gasteiger charge is 2.23. The van der Waals surface area contributed by atoms with Crippen LogP contribution in [0.15, 0.2) is 24.4 Å². The molecule has 2 aromatic rings. The van der Waals surface area contributed by atoms with E-state index in [0.717, 1.165) is 38.5 Å². The largest absolute Gasteiger partial charge is 0.349 e. The molecular weight excluding hydrogens is 316 g/mol. The maximum Gasteiger partial charge on any atom is 0.287 e. The Labute approximate surface area is 148 Å². The zero-order valence-electron chi connectivity index (χ0n) is 14.8. The summed E-state index contributed by atoms with van der Waals surface area (Å²) in [7, 11) is 0. The lowest BCUT2D eigenvalue weighted by atomic mass is 9.95. The van der Waals surface area contributed by atoms with E-state index in [4.69, 9.17) is 0 Å². The number of nitrogens with one attached hydrogen (secondary N) is 2. The fourth-order valence-electron chi connectivity index (χ4n) is 3.32. The van der Waals surface area contributed by atoms with Crippen LogP contribution in [0.25, 0.3) is 5.52 Å². The Morgan fingerprint density at radius 3 is 2.76 bits per heavy atom. The van der Waals surface area contributed by atoms with Crippen molar-refractivity contribution in [3.8, 4) is 0 Å². The molecule has 25 heavy (non-hydrogen) atoms. The van der Waals surface area contributed by atoms with Crippen molar-refractivity contribution in [2.75, 3.05) is 6.54 Å². The topological polar surface area (TPSA) is 75.5 Å². The van der Waals surface area contributed by atoms with Gasteiger partial charge in [-0.3, -0.25) is 14.0 Å². The highest BCUT2D eigenvalue weighted by Crippen LogP contribution is 2.19. The monoisotopic (exact) mass is 342 g/mol. The maximum absolute atomic E-state index is 12.7. The predicted octanol–water partition coefficient (Wildman–Crippen LogP) is 2.93. The summed E-state index contributed by atoms with van der Waals surface area (Å²) in [6.07, 6.45) is 9.28. The number of amides is 2. The van der Waals surface area contributed by atoms with E-state index in [2.05, 4.69) is 22.5 Å². The van der Waals surface area contributed by atoms with Crippen LogP contribution >= 0.6 is 0 Å². The molecule has 0 aliphatic heterocycles. The zero-order chi connectivity index (χ0) is 17.6. The summed E-state index contributed by atoms with van der Waals surface area (Å²) in [5, 5.41) is 5.96. The SMILES string of the molecule is CCCCNC(=O)c1nc(C(=O)NC2CCCCC2)c2ccccn12. The van der Waals surface area contributed by atoms with Crippen LogP contribution in [-0.4, -0.2) is 33.8 Å². The summed E-state index contributed by atoms with van der Waals surface area (Å²) in [4.78, 5) is 29.5. The van der Waals surface area contributed by atoms with Gasteiger partial charge in [-0.25, -0.2) is 4.98 Å². The maximum atomic E-state index is 12.7. The van der Waals surface area contributed by atoms with Gasteiger partial charge in [-0.05, 0) is 31.4 Å². The average Bonchev–Trinajstić information content (AvgIpc) is 3.03. The fourth-order valence-corrected chi connectivity index (χ4v) is 3.32. The number of unbranched alkanes of at least 4 members (excludes halogenated alkanes) is 1. The number of hydrogen-bond donors (Lipinski definition) is 2. The van der Waals surface area contributed by atoms with Crippen molar-refractivity contribution in [3.05, 3.63) is 35.9 Å². The Hall–Kier alpha value is -2.37. The lowest BCUT2D eigenvalue weighted by molar-refractivity contribution is 0.0925. The number of carbonyl (C=O) groups excluding carboxylic acids is 2. The van der Waals surface area contributed by atoms with Gasteiger partial charge >= 0.3 is 0 Å². The minimum Gasteiger partial charge on any atom is -0.349 e. The molecule has 2 heterocycles. The van der Waals surface area contributed by atoms with E-state index in [0.29, 0.717) is 17.8 Å². The molecule has 3 rings (SSSR count). The molecule has 1 saturated carbocycles. The summed E-state index contributed by atoms with van der Waals surface area (Å²) in [5.41, 5.74) is 0.989. The van der Waals surface area contributed by atoms with E-state index in [-0.39, 0.29) is 23.7 Å². The highest BCUT2D eigenvalue weighted by atomic mass is 16.2. The van der Waals surface area contributed by atoms with Gasteiger partial charge in [0.1, 0.15) is 0 Å². The first-order valence-corrected chi connectivity index (χ1v) is 9.27. The number of fused-ring (bicyclic) bond motifs is 1. The van der Waals surface area contributed by atoms with Crippen molar-refractivity contribution >= 4 is 17.3 Å². The molecule has 0 aromatic carbocycles. The molecule has 1 aliphatic rings. The Bertz CT molecular complexity index is 747. The lowest BCUT2D eigenvalue weighted by Crippen LogP contribution is -2.36. The number of pyridine rings is 1. The third kappa shape index (κ3) is 4.00. The number of aromatic nitrogens is 2. The van der Waals surface area contributed by atoms with Crippen molar-refractivity contribution in [3.63, 3.8) is 0 Å². The molecule has 0 atom stereocenters. The molecule has 0 spiro atoms. The third-order valence-electron chi connectivity index (χ3n) is 4.72. The van der Waals surface area contributed by atoms with Crippen molar-refractivity contribution in [1.82, 2.24) is 20.0 Å². The van der Waals surface area contributed by atoms with E-state index in [1.54, 1.807) is 10.6 Å². The van der Waals surface area contributed by atoms with Crippen molar-refractivity contribution in [2.45, 2.75) is 57.9 Å². The summed E-state index contributed by atoms with van der Waals surface area (Å²) >= 11 is 0. The van der Waals surface area contributed by atoms with Crippen LogP contribution in [0.4, 0.5) is 0 Å². The van der Waals surface area contributed by atoms with Crippen LogP contribution in [-0.2, 0) is 0 Å². The van der Waals surface area contributed by atoms with E-state index >= 15 is 0 Å². The van der Waals surface area contributed by atoms with Gasteiger partial charge in [-0.1, -0.05) is 38.7 Å². The molecule has 2 N–H and O–H groups in total.